The molecule has 160 valence electrons. The third kappa shape index (κ3) is 3.83. The van der Waals surface area contributed by atoms with Crippen molar-refractivity contribution >= 4 is 55.9 Å². The molecule has 0 spiro atoms. The van der Waals surface area contributed by atoms with Crippen LogP contribution in [-0.4, -0.2) is 48.2 Å². The Morgan fingerprint density at radius 1 is 1.45 bits per heavy atom. The lowest BCUT2D eigenvalue weighted by Crippen LogP contribution is -2.35. The predicted molar refractivity (Wildman–Crippen MR) is 118 cm³/mol. The third-order valence-electron chi connectivity index (χ3n) is 5.54. The van der Waals surface area contributed by atoms with Crippen molar-refractivity contribution in [3.63, 3.8) is 0 Å². The highest BCUT2D eigenvalue weighted by molar-refractivity contribution is 9.10. The van der Waals surface area contributed by atoms with Gasteiger partial charge in [-0.1, -0.05) is 11.8 Å². The number of furan rings is 1. The van der Waals surface area contributed by atoms with Crippen LogP contribution in [0.4, 0.5) is 4.79 Å². The van der Waals surface area contributed by atoms with Crippen molar-refractivity contribution in [2.75, 3.05) is 6.54 Å². The minimum absolute atomic E-state index is 0.00107. The second-order valence-electron chi connectivity index (χ2n) is 7.43. The number of aromatic nitrogens is 4. The van der Waals surface area contributed by atoms with Crippen LogP contribution in [0.5, 0.6) is 0 Å². The van der Waals surface area contributed by atoms with Crippen LogP contribution in [0.2, 0.25) is 0 Å². The van der Waals surface area contributed by atoms with Crippen LogP contribution in [0.15, 0.2) is 49.7 Å². The van der Waals surface area contributed by atoms with E-state index in [0.29, 0.717) is 35.8 Å². The maximum Gasteiger partial charge on any atom is 0.407 e. The zero-order chi connectivity index (χ0) is 21.5. The van der Waals surface area contributed by atoms with E-state index in [4.69, 9.17) is 14.8 Å². The first-order valence-corrected chi connectivity index (χ1v) is 11.4. The zero-order valence-corrected chi connectivity index (χ0v) is 18.7. The SMILES string of the molecule is N=c1ncn(CCC2CCCN2C(=O)O)c2nc(Sc3cc4ccoc4cc3Br)[nH]c12. The largest absolute Gasteiger partial charge is 0.465 e. The molecule has 3 N–H and O–H groups in total. The number of fused-ring (bicyclic) bond motifs is 2. The van der Waals surface area contributed by atoms with Gasteiger partial charge in [-0.05, 0) is 53.4 Å². The van der Waals surface area contributed by atoms with Crippen molar-refractivity contribution in [3.8, 4) is 0 Å². The fourth-order valence-electron chi connectivity index (χ4n) is 4.00. The molecule has 4 heterocycles. The lowest BCUT2D eigenvalue weighted by molar-refractivity contribution is 0.137. The molecule has 5 rings (SSSR count). The monoisotopic (exact) mass is 502 g/mol. The predicted octanol–water partition coefficient (Wildman–Crippen LogP) is 4.43. The van der Waals surface area contributed by atoms with Gasteiger partial charge in [-0.3, -0.25) is 5.41 Å². The van der Waals surface area contributed by atoms with E-state index < -0.39 is 6.09 Å². The Balaban J connectivity index is 1.42. The molecule has 1 amide bonds. The highest BCUT2D eigenvalue weighted by Gasteiger charge is 2.28. The number of imidazole rings is 1. The summed E-state index contributed by atoms with van der Waals surface area (Å²) in [4.78, 5) is 26.0. The van der Waals surface area contributed by atoms with E-state index in [1.807, 2.05) is 22.8 Å². The molecule has 31 heavy (non-hydrogen) atoms. The van der Waals surface area contributed by atoms with Crippen molar-refractivity contribution in [1.29, 1.82) is 5.41 Å². The maximum absolute atomic E-state index is 11.4. The van der Waals surface area contributed by atoms with Gasteiger partial charge in [0, 0.05) is 33.9 Å². The molecule has 1 aromatic carbocycles. The summed E-state index contributed by atoms with van der Waals surface area (Å²) in [5, 5.41) is 19.2. The van der Waals surface area contributed by atoms with E-state index in [1.165, 1.54) is 16.7 Å². The quantitative estimate of drug-likeness (QED) is 0.370. The summed E-state index contributed by atoms with van der Waals surface area (Å²) in [7, 11) is 0. The first kappa shape index (κ1) is 20.1. The summed E-state index contributed by atoms with van der Waals surface area (Å²) < 4.78 is 8.22. The summed E-state index contributed by atoms with van der Waals surface area (Å²) in [6.07, 6.45) is 4.84. The standard InChI is InChI=1S/C20H19BrN6O3S/c21-13-9-14-11(4-7-30-14)8-15(13)31-19-24-16-17(22)23-10-26(18(16)25-19)6-3-12-2-1-5-27(12)20(28)29/h4,7-10,12,22H,1-3,5-6H2,(H,24,25)(H,28,29). The molecule has 4 aromatic rings. The molecule has 9 nitrogen and oxygen atoms in total. The first-order chi connectivity index (χ1) is 15.0. The van der Waals surface area contributed by atoms with Gasteiger partial charge in [0.25, 0.3) is 0 Å². The van der Waals surface area contributed by atoms with Crippen LogP contribution in [0.3, 0.4) is 0 Å². The molecule has 0 radical (unpaired) electrons. The van der Waals surface area contributed by atoms with Crippen LogP contribution in [0.1, 0.15) is 19.3 Å². The summed E-state index contributed by atoms with van der Waals surface area (Å²) in [6.45, 7) is 1.17. The fraction of sp³-hybridized carbons (Fsp3) is 0.300. The Morgan fingerprint density at radius 3 is 3.16 bits per heavy atom. The van der Waals surface area contributed by atoms with E-state index in [-0.39, 0.29) is 11.5 Å². The summed E-state index contributed by atoms with van der Waals surface area (Å²) in [5.41, 5.74) is 2.14. The van der Waals surface area contributed by atoms with Crippen molar-refractivity contribution in [1.82, 2.24) is 24.4 Å². The number of halogens is 1. The molecule has 11 heteroatoms. The number of amides is 1. The van der Waals surface area contributed by atoms with Crippen molar-refractivity contribution in [2.24, 2.45) is 0 Å². The lowest BCUT2D eigenvalue weighted by Gasteiger charge is -2.21. The summed E-state index contributed by atoms with van der Waals surface area (Å²) >= 11 is 5.04. The van der Waals surface area contributed by atoms with E-state index >= 15 is 0 Å². The van der Waals surface area contributed by atoms with Crippen LogP contribution < -0.4 is 5.49 Å². The first-order valence-electron chi connectivity index (χ1n) is 9.83. The number of aromatic amines is 1. The van der Waals surface area contributed by atoms with E-state index in [9.17, 15) is 9.90 Å². The van der Waals surface area contributed by atoms with Crippen molar-refractivity contribution in [3.05, 3.63) is 40.8 Å². The number of H-pyrrole nitrogens is 1. The molecule has 0 aliphatic carbocycles. The van der Waals surface area contributed by atoms with Crippen molar-refractivity contribution < 1.29 is 14.3 Å². The number of rotatable bonds is 5. The van der Waals surface area contributed by atoms with Gasteiger partial charge in [0.1, 0.15) is 11.1 Å². The average Bonchev–Trinajstić information content (AvgIpc) is 3.47. The van der Waals surface area contributed by atoms with Gasteiger partial charge >= 0.3 is 6.09 Å². The van der Waals surface area contributed by atoms with Crippen LogP contribution >= 0.6 is 27.7 Å². The number of likely N-dealkylation sites (tertiary alicyclic amines) is 1. The Labute approximate surface area is 189 Å². The number of carboxylic acid groups (broad SMARTS) is 1. The number of benzene rings is 1. The number of nitrogens with zero attached hydrogens (tertiary/aromatic N) is 4. The van der Waals surface area contributed by atoms with Gasteiger partial charge in [-0.2, -0.15) is 0 Å². The Hall–Kier alpha value is -2.79. The number of hydrogen-bond acceptors (Lipinski definition) is 6. The van der Waals surface area contributed by atoms with Gasteiger partial charge in [-0.15, -0.1) is 0 Å². The molecule has 0 saturated carbocycles. The molecular weight excluding hydrogens is 484 g/mol. The van der Waals surface area contributed by atoms with E-state index in [1.54, 1.807) is 12.6 Å². The molecule has 3 aromatic heterocycles. The minimum Gasteiger partial charge on any atom is -0.465 e. The second kappa shape index (κ2) is 8.04. The van der Waals surface area contributed by atoms with Crippen LogP contribution in [-0.2, 0) is 6.54 Å². The number of aryl methyl sites for hydroxylation is 1. The third-order valence-corrected chi connectivity index (χ3v) is 7.40. The molecule has 1 aliphatic heterocycles. The van der Waals surface area contributed by atoms with Gasteiger partial charge in [0.15, 0.2) is 16.3 Å². The van der Waals surface area contributed by atoms with E-state index in [0.717, 1.165) is 33.2 Å². The van der Waals surface area contributed by atoms with Gasteiger partial charge in [-0.25, -0.2) is 14.8 Å². The Morgan fingerprint density at radius 2 is 2.32 bits per heavy atom. The number of carbonyl (C=O) groups is 1. The molecule has 1 atom stereocenters. The smallest absolute Gasteiger partial charge is 0.407 e. The normalized spacial score (nSPS) is 16.5. The van der Waals surface area contributed by atoms with Crippen LogP contribution in [0, 0.1) is 5.41 Å². The molecule has 1 fully saturated rings. The summed E-state index contributed by atoms with van der Waals surface area (Å²) in [6, 6.07) is 5.86. The fourth-order valence-corrected chi connectivity index (χ4v) is 5.40. The molecular formula is C20H19BrN6O3S. The zero-order valence-electron chi connectivity index (χ0n) is 16.3. The average molecular weight is 503 g/mol. The van der Waals surface area contributed by atoms with Crippen molar-refractivity contribution in [2.45, 2.75) is 41.9 Å². The summed E-state index contributed by atoms with van der Waals surface area (Å²) in [5.74, 6) is 0. The highest BCUT2D eigenvalue weighted by atomic mass is 79.9. The number of nitrogens with one attached hydrogen (secondary N) is 2. The minimum atomic E-state index is -0.865. The van der Waals surface area contributed by atoms with Gasteiger partial charge in [0.2, 0.25) is 0 Å². The molecule has 1 aliphatic rings. The van der Waals surface area contributed by atoms with Gasteiger partial charge < -0.3 is 24.0 Å². The highest BCUT2D eigenvalue weighted by Crippen LogP contribution is 2.36. The molecule has 1 unspecified atom stereocenters. The Kier molecular flexibility index (Phi) is 5.22. The maximum atomic E-state index is 11.4. The Bertz CT molecular complexity index is 1350. The van der Waals surface area contributed by atoms with Crippen LogP contribution in [0.25, 0.3) is 22.1 Å². The number of hydrogen-bond donors (Lipinski definition) is 3. The topological polar surface area (TPSA) is 124 Å². The van der Waals surface area contributed by atoms with Gasteiger partial charge in [0.05, 0.1) is 12.6 Å². The van der Waals surface area contributed by atoms with E-state index in [2.05, 4.69) is 25.9 Å². The lowest BCUT2D eigenvalue weighted by atomic mass is 10.1. The molecule has 0 bridgehead atoms. The molecule has 1 saturated heterocycles. The second-order valence-corrected chi connectivity index (χ2v) is 9.32.